The lowest BCUT2D eigenvalue weighted by molar-refractivity contribution is 0.0731. The minimum atomic E-state index is -3.49. The molecule has 2 saturated heterocycles. The summed E-state index contributed by atoms with van der Waals surface area (Å²) < 4.78 is 32.7. The first-order chi connectivity index (χ1) is 15.0. The monoisotopic (exact) mass is 463 g/mol. The Morgan fingerprint density at radius 3 is 2.42 bits per heavy atom. The lowest BCUT2D eigenvalue weighted by Crippen LogP contribution is -2.40. The van der Waals surface area contributed by atoms with Gasteiger partial charge >= 0.3 is 0 Å². The molecule has 31 heavy (non-hydrogen) atoms. The molecule has 2 aromatic rings. The fourth-order valence-electron chi connectivity index (χ4n) is 3.93. The van der Waals surface area contributed by atoms with E-state index in [1.54, 1.807) is 18.2 Å². The van der Waals surface area contributed by atoms with E-state index < -0.39 is 10.0 Å². The Hall–Kier alpha value is -1.78. The van der Waals surface area contributed by atoms with Gasteiger partial charge in [0.2, 0.25) is 0 Å². The molecular weight excluding hydrogens is 434 g/mol. The van der Waals surface area contributed by atoms with E-state index in [1.165, 1.54) is 41.6 Å². The van der Waals surface area contributed by atoms with Crippen LogP contribution in [0, 0.1) is 0 Å². The molecule has 2 fully saturated rings. The lowest BCUT2D eigenvalue weighted by atomic mass is 10.1. The predicted octanol–water partition coefficient (Wildman–Crippen LogP) is 2.65. The molecule has 2 aliphatic heterocycles. The number of nitrogens with zero attached hydrogens (tertiary/aromatic N) is 2. The van der Waals surface area contributed by atoms with Crippen molar-refractivity contribution in [3.05, 3.63) is 42.0 Å². The summed E-state index contributed by atoms with van der Waals surface area (Å²) >= 11 is 1.25. The van der Waals surface area contributed by atoms with Gasteiger partial charge in [-0.1, -0.05) is 12.1 Å². The number of amides is 1. The first kappa shape index (κ1) is 22.4. The van der Waals surface area contributed by atoms with Crippen LogP contribution in [0.1, 0.15) is 29.6 Å². The standard InChI is InChI=1S/C22H29N3O4S2/c26-22(23-10-3-13-24-11-1-2-12-24)19-6-4-18(5-7-19)20-8-9-21(30-20)31(27,28)25-14-16-29-17-15-25/h4-9H,1-3,10-17H2,(H,23,26). The Kier molecular flexibility index (Phi) is 7.39. The molecule has 7 nitrogen and oxygen atoms in total. The Balaban J connectivity index is 1.33. The van der Waals surface area contributed by atoms with Crippen LogP contribution in [0.3, 0.4) is 0 Å². The first-order valence-electron chi connectivity index (χ1n) is 10.8. The van der Waals surface area contributed by atoms with Crippen molar-refractivity contribution < 1.29 is 17.9 Å². The number of morpholine rings is 1. The van der Waals surface area contributed by atoms with E-state index in [0.717, 1.165) is 23.4 Å². The quantitative estimate of drug-likeness (QED) is 0.609. The molecule has 0 radical (unpaired) electrons. The van der Waals surface area contributed by atoms with E-state index in [2.05, 4.69) is 10.2 Å². The molecule has 9 heteroatoms. The first-order valence-corrected chi connectivity index (χ1v) is 13.1. The molecule has 168 valence electrons. The molecule has 0 atom stereocenters. The summed E-state index contributed by atoms with van der Waals surface area (Å²) in [6.45, 7) is 5.69. The second kappa shape index (κ2) is 10.2. The Bertz CT molecular complexity index is 976. The van der Waals surface area contributed by atoms with E-state index in [4.69, 9.17) is 4.74 Å². The zero-order valence-electron chi connectivity index (χ0n) is 17.6. The lowest BCUT2D eigenvalue weighted by Gasteiger charge is -2.25. The highest BCUT2D eigenvalue weighted by atomic mass is 32.2. The molecule has 4 rings (SSSR count). The van der Waals surface area contributed by atoms with Crippen molar-refractivity contribution in [2.75, 3.05) is 52.5 Å². The molecule has 1 N–H and O–H groups in total. The summed E-state index contributed by atoms with van der Waals surface area (Å²) in [5, 5.41) is 2.98. The molecule has 1 aromatic heterocycles. The van der Waals surface area contributed by atoms with Crippen molar-refractivity contribution in [2.24, 2.45) is 0 Å². The summed E-state index contributed by atoms with van der Waals surface area (Å²) in [5.41, 5.74) is 1.52. The fraction of sp³-hybridized carbons (Fsp3) is 0.500. The van der Waals surface area contributed by atoms with Gasteiger partial charge in [-0.15, -0.1) is 11.3 Å². The van der Waals surface area contributed by atoms with Crippen molar-refractivity contribution >= 4 is 27.3 Å². The van der Waals surface area contributed by atoms with Gasteiger partial charge in [-0.25, -0.2) is 8.42 Å². The van der Waals surface area contributed by atoms with Crippen LogP contribution in [-0.4, -0.2) is 76.0 Å². The highest BCUT2D eigenvalue weighted by Crippen LogP contribution is 2.32. The van der Waals surface area contributed by atoms with Gasteiger partial charge in [0.05, 0.1) is 13.2 Å². The number of likely N-dealkylation sites (tertiary alicyclic amines) is 1. The van der Waals surface area contributed by atoms with Gasteiger partial charge in [0.25, 0.3) is 15.9 Å². The Morgan fingerprint density at radius 2 is 1.71 bits per heavy atom. The predicted molar refractivity (Wildman–Crippen MR) is 122 cm³/mol. The third-order valence-corrected chi connectivity index (χ3v) is 9.21. The average molecular weight is 464 g/mol. The van der Waals surface area contributed by atoms with Crippen molar-refractivity contribution in [1.82, 2.24) is 14.5 Å². The molecular formula is C22H29N3O4S2. The Labute approximate surface area is 188 Å². The third-order valence-electron chi connectivity index (χ3n) is 5.71. The van der Waals surface area contributed by atoms with Crippen molar-refractivity contribution in [2.45, 2.75) is 23.5 Å². The summed E-state index contributed by atoms with van der Waals surface area (Å²) in [5.74, 6) is -0.0743. The van der Waals surface area contributed by atoms with Crippen LogP contribution in [0.4, 0.5) is 0 Å². The van der Waals surface area contributed by atoms with E-state index >= 15 is 0 Å². The highest BCUT2D eigenvalue weighted by Gasteiger charge is 2.27. The maximum Gasteiger partial charge on any atom is 0.252 e. The summed E-state index contributed by atoms with van der Waals surface area (Å²) in [6, 6.07) is 10.8. The maximum absolute atomic E-state index is 12.8. The average Bonchev–Trinajstić information content (AvgIpc) is 3.50. The van der Waals surface area contributed by atoms with Gasteiger partial charge in [0, 0.05) is 30.1 Å². The molecule has 0 aliphatic carbocycles. The number of carbonyl (C=O) groups is 1. The van der Waals surface area contributed by atoms with Crippen LogP contribution >= 0.6 is 11.3 Å². The number of nitrogens with one attached hydrogen (secondary N) is 1. The normalized spacial score (nSPS) is 18.3. The van der Waals surface area contributed by atoms with Crippen LogP contribution in [0.25, 0.3) is 10.4 Å². The SMILES string of the molecule is O=C(NCCCN1CCCC1)c1ccc(-c2ccc(S(=O)(=O)N3CCOCC3)s2)cc1. The van der Waals surface area contributed by atoms with Gasteiger partial charge in [-0.3, -0.25) is 4.79 Å². The van der Waals surface area contributed by atoms with Crippen molar-refractivity contribution in [3.8, 4) is 10.4 Å². The number of hydrogen-bond donors (Lipinski definition) is 1. The molecule has 0 saturated carbocycles. The largest absolute Gasteiger partial charge is 0.379 e. The van der Waals surface area contributed by atoms with Gasteiger partial charge in [0.1, 0.15) is 4.21 Å². The minimum Gasteiger partial charge on any atom is -0.379 e. The van der Waals surface area contributed by atoms with Crippen LogP contribution in [0.2, 0.25) is 0 Å². The number of ether oxygens (including phenoxy) is 1. The zero-order chi connectivity index (χ0) is 21.7. The smallest absolute Gasteiger partial charge is 0.252 e. The van der Waals surface area contributed by atoms with Gasteiger partial charge < -0.3 is 15.0 Å². The molecule has 1 amide bonds. The topological polar surface area (TPSA) is 79.0 Å². The fourth-order valence-corrected chi connectivity index (χ4v) is 6.80. The number of hydrogen-bond acceptors (Lipinski definition) is 6. The molecule has 0 spiro atoms. The number of benzene rings is 1. The van der Waals surface area contributed by atoms with E-state index in [-0.39, 0.29) is 5.91 Å². The maximum atomic E-state index is 12.8. The van der Waals surface area contributed by atoms with Gasteiger partial charge in [-0.05, 0) is 68.7 Å². The molecule has 0 bridgehead atoms. The van der Waals surface area contributed by atoms with Gasteiger partial charge in [-0.2, -0.15) is 4.31 Å². The van der Waals surface area contributed by atoms with Crippen LogP contribution < -0.4 is 5.32 Å². The molecule has 3 heterocycles. The highest BCUT2D eigenvalue weighted by molar-refractivity contribution is 7.91. The number of sulfonamides is 1. The molecule has 2 aliphatic rings. The zero-order valence-corrected chi connectivity index (χ0v) is 19.2. The van der Waals surface area contributed by atoms with Crippen molar-refractivity contribution in [1.29, 1.82) is 0 Å². The van der Waals surface area contributed by atoms with E-state index in [0.29, 0.717) is 42.6 Å². The molecule has 0 unspecified atom stereocenters. The second-order valence-electron chi connectivity index (χ2n) is 7.87. The summed E-state index contributed by atoms with van der Waals surface area (Å²) in [6.07, 6.45) is 3.52. The minimum absolute atomic E-state index is 0.0743. The number of rotatable bonds is 8. The summed E-state index contributed by atoms with van der Waals surface area (Å²) in [4.78, 5) is 15.7. The third kappa shape index (κ3) is 5.53. The summed E-state index contributed by atoms with van der Waals surface area (Å²) in [7, 11) is -3.49. The second-order valence-corrected chi connectivity index (χ2v) is 11.1. The van der Waals surface area contributed by atoms with E-state index in [1.807, 2.05) is 18.2 Å². The van der Waals surface area contributed by atoms with Crippen LogP contribution in [0.15, 0.2) is 40.6 Å². The van der Waals surface area contributed by atoms with Crippen LogP contribution in [0.5, 0.6) is 0 Å². The van der Waals surface area contributed by atoms with Crippen LogP contribution in [-0.2, 0) is 14.8 Å². The number of thiophene rings is 1. The van der Waals surface area contributed by atoms with Gasteiger partial charge in [0.15, 0.2) is 0 Å². The van der Waals surface area contributed by atoms with Crippen molar-refractivity contribution in [3.63, 3.8) is 0 Å². The van der Waals surface area contributed by atoms with E-state index in [9.17, 15) is 13.2 Å². The Morgan fingerprint density at radius 1 is 1.00 bits per heavy atom. The number of carbonyl (C=O) groups excluding carboxylic acids is 1. The molecule has 1 aromatic carbocycles.